The SMILES string of the molecule is CC(CC#N)Nc1oc(-c2ccccc2)nc1C(F)(F)F. The molecular weight excluding hydrogens is 283 g/mol. The van der Waals surface area contributed by atoms with E-state index in [0.29, 0.717) is 5.56 Å². The van der Waals surface area contributed by atoms with Gasteiger partial charge in [-0.05, 0) is 19.1 Å². The summed E-state index contributed by atoms with van der Waals surface area (Å²) in [7, 11) is 0. The Bertz CT molecular complexity index is 644. The van der Waals surface area contributed by atoms with Gasteiger partial charge in [0.1, 0.15) is 0 Å². The molecule has 0 aliphatic heterocycles. The lowest BCUT2D eigenvalue weighted by molar-refractivity contribution is -0.140. The molecule has 2 aromatic rings. The van der Waals surface area contributed by atoms with Crippen molar-refractivity contribution in [1.29, 1.82) is 5.26 Å². The molecule has 1 unspecified atom stereocenters. The van der Waals surface area contributed by atoms with Gasteiger partial charge in [0.15, 0.2) is 0 Å². The summed E-state index contributed by atoms with van der Waals surface area (Å²) in [4.78, 5) is 3.53. The van der Waals surface area contributed by atoms with Crippen molar-refractivity contribution >= 4 is 5.88 Å². The zero-order valence-electron chi connectivity index (χ0n) is 11.1. The Morgan fingerprint density at radius 3 is 2.57 bits per heavy atom. The highest BCUT2D eigenvalue weighted by Gasteiger charge is 2.39. The van der Waals surface area contributed by atoms with Gasteiger partial charge in [0.25, 0.3) is 0 Å². The van der Waals surface area contributed by atoms with Gasteiger partial charge in [-0.1, -0.05) is 18.2 Å². The summed E-state index contributed by atoms with van der Waals surface area (Å²) >= 11 is 0. The highest BCUT2D eigenvalue weighted by Crippen LogP contribution is 2.37. The first-order valence-electron chi connectivity index (χ1n) is 6.18. The van der Waals surface area contributed by atoms with E-state index < -0.39 is 23.8 Å². The van der Waals surface area contributed by atoms with E-state index in [9.17, 15) is 13.2 Å². The van der Waals surface area contributed by atoms with Gasteiger partial charge in [0.05, 0.1) is 12.5 Å². The highest BCUT2D eigenvalue weighted by molar-refractivity contribution is 5.57. The standard InChI is InChI=1S/C14H12F3N3O/c1-9(7-8-18)19-13-11(14(15,16)17)20-12(21-13)10-5-3-2-4-6-10/h2-6,9,19H,7H2,1H3. The van der Waals surface area contributed by atoms with E-state index in [1.165, 1.54) is 0 Å². The first kappa shape index (κ1) is 14.9. The van der Waals surface area contributed by atoms with Crippen LogP contribution < -0.4 is 5.32 Å². The van der Waals surface area contributed by atoms with Gasteiger partial charge in [0, 0.05) is 11.6 Å². The number of alkyl halides is 3. The topological polar surface area (TPSA) is 61.9 Å². The Balaban J connectivity index is 2.39. The zero-order chi connectivity index (χ0) is 15.5. The van der Waals surface area contributed by atoms with Crippen molar-refractivity contribution in [3.63, 3.8) is 0 Å². The maximum Gasteiger partial charge on any atom is 0.438 e. The summed E-state index contributed by atoms with van der Waals surface area (Å²) < 4.78 is 44.2. The molecule has 1 aromatic heterocycles. The molecule has 0 spiro atoms. The Hall–Kier alpha value is -2.49. The van der Waals surface area contributed by atoms with Crippen molar-refractivity contribution in [2.24, 2.45) is 0 Å². The number of benzene rings is 1. The van der Waals surface area contributed by atoms with Gasteiger partial charge >= 0.3 is 6.18 Å². The van der Waals surface area contributed by atoms with Crippen molar-refractivity contribution in [2.75, 3.05) is 5.32 Å². The fourth-order valence-electron chi connectivity index (χ4n) is 1.73. The summed E-state index contributed by atoms with van der Waals surface area (Å²) in [6, 6.07) is 9.71. The average molecular weight is 295 g/mol. The molecule has 7 heteroatoms. The molecular formula is C14H12F3N3O. The number of hydrogen-bond donors (Lipinski definition) is 1. The number of halogens is 3. The predicted molar refractivity (Wildman–Crippen MR) is 70.3 cm³/mol. The van der Waals surface area contributed by atoms with E-state index in [-0.39, 0.29) is 12.3 Å². The van der Waals surface area contributed by atoms with Crippen LogP contribution in [0.4, 0.5) is 19.1 Å². The summed E-state index contributed by atoms with van der Waals surface area (Å²) in [5.41, 5.74) is -0.671. The number of nitrogens with one attached hydrogen (secondary N) is 1. The highest BCUT2D eigenvalue weighted by atomic mass is 19.4. The normalized spacial score (nSPS) is 12.7. The van der Waals surface area contributed by atoms with Crippen LogP contribution >= 0.6 is 0 Å². The lowest BCUT2D eigenvalue weighted by atomic mass is 10.2. The summed E-state index contributed by atoms with van der Waals surface area (Å²) in [5.74, 6) is -0.585. The number of oxazole rings is 1. The first-order chi connectivity index (χ1) is 9.91. The molecule has 1 heterocycles. The van der Waals surface area contributed by atoms with Gasteiger partial charge in [-0.15, -0.1) is 0 Å². The lowest BCUT2D eigenvalue weighted by Gasteiger charge is -2.11. The van der Waals surface area contributed by atoms with Crippen molar-refractivity contribution in [2.45, 2.75) is 25.6 Å². The first-order valence-corrected chi connectivity index (χ1v) is 6.18. The van der Waals surface area contributed by atoms with Crippen LogP contribution in [0, 0.1) is 11.3 Å². The van der Waals surface area contributed by atoms with Crippen LogP contribution in [-0.4, -0.2) is 11.0 Å². The predicted octanol–water partition coefficient (Wildman–Crippen LogP) is 4.07. The van der Waals surface area contributed by atoms with Crippen LogP contribution in [0.3, 0.4) is 0 Å². The molecule has 110 valence electrons. The maximum absolute atomic E-state index is 13.0. The second kappa shape index (κ2) is 5.87. The Kier molecular flexibility index (Phi) is 4.17. The number of rotatable bonds is 4. The van der Waals surface area contributed by atoms with Gasteiger partial charge in [-0.3, -0.25) is 0 Å². The molecule has 21 heavy (non-hydrogen) atoms. The minimum atomic E-state index is -4.63. The quantitative estimate of drug-likeness (QED) is 0.923. The molecule has 2 rings (SSSR count). The Labute approximate surface area is 119 Å². The number of aromatic nitrogens is 1. The number of nitrogens with zero attached hydrogens (tertiary/aromatic N) is 2. The molecule has 0 amide bonds. The third-order valence-electron chi connectivity index (χ3n) is 2.69. The Morgan fingerprint density at radius 2 is 2.00 bits per heavy atom. The average Bonchev–Trinajstić information content (AvgIpc) is 2.84. The van der Waals surface area contributed by atoms with E-state index >= 15 is 0 Å². The lowest BCUT2D eigenvalue weighted by Crippen LogP contribution is -2.17. The van der Waals surface area contributed by atoms with Crippen LogP contribution in [0.25, 0.3) is 11.5 Å². The minimum Gasteiger partial charge on any atom is -0.420 e. The van der Waals surface area contributed by atoms with Gasteiger partial charge in [0.2, 0.25) is 17.5 Å². The Morgan fingerprint density at radius 1 is 1.33 bits per heavy atom. The summed E-state index contributed by atoms with van der Waals surface area (Å²) in [6.07, 6.45) is -4.58. The van der Waals surface area contributed by atoms with Crippen LogP contribution in [0.5, 0.6) is 0 Å². The molecule has 1 aromatic carbocycles. The van der Waals surface area contributed by atoms with E-state index in [4.69, 9.17) is 9.68 Å². The molecule has 0 bridgehead atoms. The van der Waals surface area contributed by atoms with Crippen LogP contribution in [-0.2, 0) is 6.18 Å². The van der Waals surface area contributed by atoms with E-state index in [0.717, 1.165) is 0 Å². The van der Waals surface area contributed by atoms with Gasteiger partial charge < -0.3 is 9.73 Å². The van der Waals surface area contributed by atoms with Crippen LogP contribution in [0.2, 0.25) is 0 Å². The molecule has 0 saturated heterocycles. The van der Waals surface area contributed by atoms with Gasteiger partial charge in [-0.25, -0.2) is 4.98 Å². The van der Waals surface area contributed by atoms with Crippen molar-refractivity contribution in [3.05, 3.63) is 36.0 Å². The van der Waals surface area contributed by atoms with Crippen molar-refractivity contribution < 1.29 is 17.6 Å². The molecule has 1 N–H and O–H groups in total. The van der Waals surface area contributed by atoms with Crippen molar-refractivity contribution in [1.82, 2.24) is 4.98 Å². The minimum absolute atomic E-state index is 0.0542. The second-order valence-corrected chi connectivity index (χ2v) is 4.47. The van der Waals surface area contributed by atoms with Crippen LogP contribution in [0.15, 0.2) is 34.7 Å². The third kappa shape index (κ3) is 3.54. The second-order valence-electron chi connectivity index (χ2n) is 4.47. The number of nitriles is 1. The van der Waals surface area contributed by atoms with E-state index in [1.54, 1.807) is 37.3 Å². The van der Waals surface area contributed by atoms with E-state index in [1.807, 2.05) is 6.07 Å². The summed E-state index contributed by atoms with van der Waals surface area (Å²) in [5, 5.41) is 11.1. The molecule has 0 saturated carbocycles. The molecule has 0 radical (unpaired) electrons. The molecule has 0 fully saturated rings. The summed E-state index contributed by atoms with van der Waals surface area (Å²) in [6.45, 7) is 1.59. The molecule has 0 aliphatic rings. The number of anilines is 1. The van der Waals surface area contributed by atoms with Gasteiger partial charge in [-0.2, -0.15) is 18.4 Å². The monoisotopic (exact) mass is 295 g/mol. The number of hydrogen-bond acceptors (Lipinski definition) is 4. The maximum atomic E-state index is 13.0. The smallest absolute Gasteiger partial charge is 0.420 e. The van der Waals surface area contributed by atoms with E-state index in [2.05, 4.69) is 10.3 Å². The third-order valence-corrected chi connectivity index (χ3v) is 2.69. The fourth-order valence-corrected chi connectivity index (χ4v) is 1.73. The fraction of sp³-hybridized carbons (Fsp3) is 0.286. The van der Waals surface area contributed by atoms with Crippen LogP contribution in [0.1, 0.15) is 19.0 Å². The molecule has 1 atom stereocenters. The largest absolute Gasteiger partial charge is 0.438 e. The molecule has 0 aliphatic carbocycles. The van der Waals surface area contributed by atoms with Crippen molar-refractivity contribution in [3.8, 4) is 17.5 Å². The molecule has 4 nitrogen and oxygen atoms in total. The zero-order valence-corrected chi connectivity index (χ0v) is 11.1.